The molecular weight excluding hydrogens is 344 g/mol. The van der Waals surface area contributed by atoms with Crippen LogP contribution in [0.15, 0.2) is 58.1 Å². The molecule has 0 atom stereocenters. The second-order valence-corrected chi connectivity index (χ2v) is 5.70. The van der Waals surface area contributed by atoms with E-state index in [0.717, 1.165) is 29.1 Å². The molecule has 0 radical (unpaired) electrons. The molecule has 9 nitrogen and oxygen atoms in total. The number of rotatable bonds is 4. The zero-order valence-electron chi connectivity index (χ0n) is 13.0. The third kappa shape index (κ3) is 4.18. The van der Waals surface area contributed by atoms with Gasteiger partial charge in [0.2, 0.25) is 0 Å². The first kappa shape index (κ1) is 16.6. The van der Waals surface area contributed by atoms with Gasteiger partial charge >= 0.3 is 5.97 Å². The van der Waals surface area contributed by atoms with E-state index >= 15 is 0 Å². The van der Waals surface area contributed by atoms with E-state index < -0.39 is 11.9 Å². The molecule has 0 bridgehead atoms. The third-order valence-corrected chi connectivity index (χ3v) is 3.93. The van der Waals surface area contributed by atoms with Gasteiger partial charge in [0.05, 0.1) is 23.9 Å². The molecule has 0 unspecified atom stereocenters. The highest BCUT2D eigenvalue weighted by atomic mass is 32.2. The van der Waals surface area contributed by atoms with E-state index in [1.165, 1.54) is 13.4 Å². The molecule has 2 aromatic rings. The molecule has 10 heteroatoms. The van der Waals surface area contributed by atoms with Crippen molar-refractivity contribution >= 4 is 35.0 Å². The molecule has 1 aliphatic rings. The van der Waals surface area contributed by atoms with Gasteiger partial charge in [0.15, 0.2) is 5.17 Å². The van der Waals surface area contributed by atoms with E-state index in [9.17, 15) is 9.59 Å². The van der Waals surface area contributed by atoms with E-state index in [-0.39, 0.29) is 10.1 Å². The second-order valence-electron chi connectivity index (χ2n) is 4.67. The normalized spacial score (nSPS) is 17.4. The summed E-state index contributed by atoms with van der Waals surface area (Å²) in [5.74, 6) is -1.02. The van der Waals surface area contributed by atoms with Crippen LogP contribution in [0, 0.1) is 0 Å². The van der Waals surface area contributed by atoms with Crippen LogP contribution in [0.5, 0.6) is 0 Å². The van der Waals surface area contributed by atoms with Crippen molar-refractivity contribution in [3.8, 4) is 5.69 Å². The Balaban J connectivity index is 1.65. The highest BCUT2D eigenvalue weighted by Crippen LogP contribution is 2.23. The van der Waals surface area contributed by atoms with E-state index in [1.807, 2.05) is 24.3 Å². The van der Waals surface area contributed by atoms with Crippen LogP contribution >= 0.6 is 11.8 Å². The minimum absolute atomic E-state index is 0.206. The summed E-state index contributed by atoms with van der Waals surface area (Å²) in [5.41, 5.74) is 1.70. The van der Waals surface area contributed by atoms with Crippen molar-refractivity contribution in [2.24, 2.45) is 10.2 Å². The van der Waals surface area contributed by atoms with Gasteiger partial charge in [-0.25, -0.2) is 14.5 Å². The van der Waals surface area contributed by atoms with Gasteiger partial charge in [0.25, 0.3) is 5.91 Å². The lowest BCUT2D eigenvalue weighted by Crippen LogP contribution is -2.19. The fourth-order valence-electron chi connectivity index (χ4n) is 1.84. The van der Waals surface area contributed by atoms with Gasteiger partial charge in [-0.2, -0.15) is 10.2 Å². The Morgan fingerprint density at radius 2 is 2.16 bits per heavy atom. The standard InChI is InChI=1S/C15H12N6O3S/c1-24-13(22)6-12-14(23)19-15(25-12)20-17-7-10-2-4-11(5-3-10)21-9-16-8-18-21/h2-9H,1H3,(H,19,20,23)/b12-6+,17-7?. The zero-order valence-corrected chi connectivity index (χ0v) is 13.8. The van der Waals surface area contributed by atoms with Gasteiger partial charge in [0, 0.05) is 6.08 Å². The van der Waals surface area contributed by atoms with Gasteiger partial charge in [-0.3, -0.25) is 10.1 Å². The molecule has 3 rings (SSSR count). The van der Waals surface area contributed by atoms with E-state index in [1.54, 1.807) is 17.2 Å². The van der Waals surface area contributed by atoms with E-state index in [0.29, 0.717) is 0 Å². The lowest BCUT2D eigenvalue weighted by atomic mass is 10.2. The maximum Gasteiger partial charge on any atom is 0.331 e. The van der Waals surface area contributed by atoms with Crippen LogP contribution in [0.4, 0.5) is 0 Å². The molecule has 25 heavy (non-hydrogen) atoms. The number of methoxy groups -OCH3 is 1. The highest BCUT2D eigenvalue weighted by Gasteiger charge is 2.24. The molecule has 1 N–H and O–H groups in total. The van der Waals surface area contributed by atoms with Gasteiger partial charge in [-0.1, -0.05) is 12.1 Å². The van der Waals surface area contributed by atoms with Crippen LogP contribution in [0.3, 0.4) is 0 Å². The molecule has 0 saturated carbocycles. The molecule has 1 aliphatic heterocycles. The molecular formula is C15H12N6O3S. The van der Waals surface area contributed by atoms with Gasteiger partial charge < -0.3 is 4.74 Å². The SMILES string of the molecule is COC(=O)/C=C1/S/C(=N\N=Cc2ccc(-n3cncn3)cc2)NC1=O. The number of hydrogen-bond donors (Lipinski definition) is 1. The predicted octanol–water partition coefficient (Wildman–Crippen LogP) is 0.877. The lowest BCUT2D eigenvalue weighted by Gasteiger charge is -1.99. The molecule has 1 saturated heterocycles. The predicted molar refractivity (Wildman–Crippen MR) is 92.2 cm³/mol. The number of ether oxygens (including phenoxy) is 1. The monoisotopic (exact) mass is 356 g/mol. The summed E-state index contributed by atoms with van der Waals surface area (Å²) in [6.07, 6.45) is 5.72. The summed E-state index contributed by atoms with van der Waals surface area (Å²) in [7, 11) is 1.24. The van der Waals surface area contributed by atoms with Gasteiger partial charge in [-0.05, 0) is 29.5 Å². The largest absolute Gasteiger partial charge is 0.466 e. The van der Waals surface area contributed by atoms with Crippen molar-refractivity contribution < 1.29 is 14.3 Å². The van der Waals surface area contributed by atoms with Crippen LogP contribution in [-0.2, 0) is 14.3 Å². The van der Waals surface area contributed by atoms with Crippen molar-refractivity contribution in [3.05, 3.63) is 53.5 Å². The number of carbonyl (C=O) groups is 2. The summed E-state index contributed by atoms with van der Waals surface area (Å²) < 4.78 is 6.12. The molecule has 1 amide bonds. The number of amides is 1. The smallest absolute Gasteiger partial charge is 0.331 e. The fourth-order valence-corrected chi connectivity index (χ4v) is 2.58. The lowest BCUT2D eigenvalue weighted by molar-refractivity contribution is -0.135. The van der Waals surface area contributed by atoms with Gasteiger partial charge in [-0.15, -0.1) is 5.10 Å². The molecule has 1 aromatic carbocycles. The Bertz CT molecular complexity index is 871. The Morgan fingerprint density at radius 3 is 2.84 bits per heavy atom. The molecule has 2 heterocycles. The van der Waals surface area contributed by atoms with Gasteiger partial charge in [0.1, 0.15) is 12.7 Å². The number of esters is 1. The van der Waals surface area contributed by atoms with E-state index in [4.69, 9.17) is 0 Å². The average Bonchev–Trinajstić information content (AvgIpc) is 3.26. The number of aromatic nitrogens is 3. The van der Waals surface area contributed by atoms with Crippen LogP contribution < -0.4 is 5.32 Å². The summed E-state index contributed by atoms with van der Waals surface area (Å²) in [5, 5.41) is 14.7. The number of benzene rings is 1. The van der Waals surface area contributed by atoms with Crippen molar-refractivity contribution in [3.63, 3.8) is 0 Å². The minimum Gasteiger partial charge on any atom is -0.466 e. The number of carbonyl (C=O) groups excluding carboxylic acids is 2. The highest BCUT2D eigenvalue weighted by molar-refractivity contribution is 8.18. The number of thioether (sulfide) groups is 1. The Labute approximate surface area is 146 Å². The van der Waals surface area contributed by atoms with Crippen molar-refractivity contribution in [1.82, 2.24) is 20.1 Å². The number of hydrogen-bond acceptors (Lipinski definition) is 8. The minimum atomic E-state index is -0.602. The number of nitrogens with zero attached hydrogens (tertiary/aromatic N) is 5. The summed E-state index contributed by atoms with van der Waals surface area (Å²) in [6.45, 7) is 0. The summed E-state index contributed by atoms with van der Waals surface area (Å²) in [6, 6.07) is 7.44. The Morgan fingerprint density at radius 1 is 1.36 bits per heavy atom. The van der Waals surface area contributed by atoms with E-state index in [2.05, 4.69) is 30.3 Å². The van der Waals surface area contributed by atoms with Crippen LogP contribution in [0.2, 0.25) is 0 Å². The Kier molecular flexibility index (Phi) is 5.00. The van der Waals surface area contributed by atoms with Crippen molar-refractivity contribution in [1.29, 1.82) is 0 Å². The molecule has 0 aliphatic carbocycles. The van der Waals surface area contributed by atoms with Crippen molar-refractivity contribution in [2.75, 3.05) is 7.11 Å². The summed E-state index contributed by atoms with van der Waals surface area (Å²) in [4.78, 5) is 26.9. The second kappa shape index (κ2) is 7.53. The number of nitrogens with one attached hydrogen (secondary N) is 1. The first-order valence-corrected chi connectivity index (χ1v) is 7.82. The summed E-state index contributed by atoms with van der Waals surface area (Å²) >= 11 is 1.02. The molecule has 1 fully saturated rings. The topological polar surface area (TPSA) is 111 Å². The van der Waals surface area contributed by atoms with Crippen LogP contribution in [-0.4, -0.2) is 45.1 Å². The first-order valence-electron chi connectivity index (χ1n) is 7.00. The van der Waals surface area contributed by atoms with Crippen molar-refractivity contribution in [2.45, 2.75) is 0 Å². The fraction of sp³-hybridized carbons (Fsp3) is 0.0667. The third-order valence-electron chi connectivity index (χ3n) is 3.03. The number of amidine groups is 1. The average molecular weight is 356 g/mol. The maximum absolute atomic E-state index is 11.7. The Hall–Kier alpha value is -3.27. The zero-order chi connectivity index (χ0) is 17.6. The molecule has 1 aromatic heterocycles. The quantitative estimate of drug-likeness (QED) is 0.377. The molecule has 126 valence electrons. The maximum atomic E-state index is 11.7. The van der Waals surface area contributed by atoms with Crippen LogP contribution in [0.1, 0.15) is 5.56 Å². The molecule has 0 spiro atoms. The van der Waals surface area contributed by atoms with Crippen LogP contribution in [0.25, 0.3) is 5.69 Å². The first-order chi connectivity index (χ1) is 12.2.